The molecular weight excluding hydrogens is 298 g/mol. The molecular formula is C17H23NO5. The number of hydrogen-bond donors (Lipinski definition) is 0. The van der Waals surface area contributed by atoms with Crippen molar-refractivity contribution in [2.75, 3.05) is 7.11 Å². The van der Waals surface area contributed by atoms with Crippen molar-refractivity contribution in [3.05, 3.63) is 23.0 Å². The van der Waals surface area contributed by atoms with Crippen molar-refractivity contribution >= 4 is 17.8 Å². The fourth-order valence-corrected chi connectivity index (χ4v) is 3.04. The summed E-state index contributed by atoms with van der Waals surface area (Å²) in [5.74, 6) is -0.875. The fraction of sp³-hybridized carbons (Fsp3) is 0.588. The summed E-state index contributed by atoms with van der Waals surface area (Å²) >= 11 is 0. The average Bonchev–Trinajstić information content (AvgIpc) is 2.91. The summed E-state index contributed by atoms with van der Waals surface area (Å²) < 4.78 is 11.4. The molecule has 0 bridgehead atoms. The molecule has 1 atom stereocenters. The summed E-state index contributed by atoms with van der Waals surface area (Å²) in [7, 11) is 1.35. The van der Waals surface area contributed by atoms with Gasteiger partial charge in [0.1, 0.15) is 0 Å². The molecule has 0 amide bonds. The number of carbonyl (C=O) groups is 3. The van der Waals surface area contributed by atoms with E-state index in [9.17, 15) is 14.4 Å². The van der Waals surface area contributed by atoms with E-state index in [0.29, 0.717) is 6.42 Å². The first-order chi connectivity index (χ1) is 10.7. The number of ether oxygens (including phenoxy) is 2. The number of methoxy groups -OCH3 is 1. The van der Waals surface area contributed by atoms with Crippen LogP contribution in [0, 0.1) is 19.3 Å². The van der Waals surface area contributed by atoms with Crippen LogP contribution in [-0.2, 0) is 25.5 Å². The third kappa shape index (κ3) is 3.30. The molecule has 1 fully saturated rings. The van der Waals surface area contributed by atoms with E-state index >= 15 is 0 Å². The van der Waals surface area contributed by atoms with Gasteiger partial charge in [-0.2, -0.15) is 0 Å². The Bertz CT molecular complexity index is 656. The van der Waals surface area contributed by atoms with E-state index in [2.05, 4.69) is 4.74 Å². The molecule has 126 valence electrons. The number of carbonyl (C=O) groups excluding carboxylic acids is 3. The lowest BCUT2D eigenvalue weighted by molar-refractivity contribution is -0.141. The standard InChI is InChI=1S/C17H23NO5/c1-10-9-18(11(2)12(10)6-7-13(19)22-5)16(21)15-17(3,4)8-14(20)23-15/h9,15H,6-8H2,1-5H3. The van der Waals surface area contributed by atoms with Crippen LogP contribution in [-0.4, -0.2) is 35.6 Å². The SMILES string of the molecule is COC(=O)CCc1c(C)cn(C(=O)C2OC(=O)CC2(C)C)c1C. The van der Waals surface area contributed by atoms with Gasteiger partial charge in [-0.1, -0.05) is 13.8 Å². The van der Waals surface area contributed by atoms with Gasteiger partial charge in [0.15, 0.2) is 6.10 Å². The molecule has 1 saturated heterocycles. The van der Waals surface area contributed by atoms with Crippen molar-refractivity contribution in [3.63, 3.8) is 0 Å². The fourth-order valence-electron chi connectivity index (χ4n) is 3.04. The molecule has 6 heteroatoms. The first-order valence-electron chi connectivity index (χ1n) is 7.65. The highest BCUT2D eigenvalue weighted by atomic mass is 16.6. The van der Waals surface area contributed by atoms with E-state index < -0.39 is 11.5 Å². The zero-order valence-corrected chi connectivity index (χ0v) is 14.3. The summed E-state index contributed by atoms with van der Waals surface area (Å²) in [6, 6.07) is 0. The van der Waals surface area contributed by atoms with Crippen LogP contribution in [0.4, 0.5) is 0 Å². The topological polar surface area (TPSA) is 74.6 Å². The predicted molar refractivity (Wildman–Crippen MR) is 83.1 cm³/mol. The van der Waals surface area contributed by atoms with Gasteiger partial charge in [-0.05, 0) is 31.4 Å². The number of rotatable bonds is 4. The monoisotopic (exact) mass is 321 g/mol. The zero-order valence-electron chi connectivity index (χ0n) is 14.3. The Morgan fingerprint density at radius 1 is 1.39 bits per heavy atom. The maximum atomic E-state index is 12.8. The molecule has 0 radical (unpaired) electrons. The largest absolute Gasteiger partial charge is 0.469 e. The Labute approximate surface area is 135 Å². The van der Waals surface area contributed by atoms with E-state index in [4.69, 9.17) is 4.74 Å². The van der Waals surface area contributed by atoms with E-state index in [1.54, 1.807) is 6.20 Å². The van der Waals surface area contributed by atoms with Crippen molar-refractivity contribution in [2.45, 2.75) is 53.1 Å². The molecule has 6 nitrogen and oxygen atoms in total. The van der Waals surface area contributed by atoms with Crippen molar-refractivity contribution < 1.29 is 23.9 Å². The Kier molecular flexibility index (Phi) is 4.63. The highest BCUT2D eigenvalue weighted by molar-refractivity contribution is 5.90. The Morgan fingerprint density at radius 3 is 2.57 bits per heavy atom. The molecule has 1 aromatic rings. The number of esters is 2. The van der Waals surface area contributed by atoms with Crippen LogP contribution >= 0.6 is 0 Å². The molecule has 1 aromatic heterocycles. The van der Waals surface area contributed by atoms with E-state index in [1.165, 1.54) is 11.7 Å². The second-order valence-corrected chi connectivity index (χ2v) is 6.70. The summed E-state index contributed by atoms with van der Waals surface area (Å²) in [4.78, 5) is 35.6. The highest BCUT2D eigenvalue weighted by Gasteiger charge is 2.47. The minimum absolute atomic E-state index is 0.234. The molecule has 0 spiro atoms. The zero-order chi connectivity index (χ0) is 17.4. The molecule has 0 aromatic carbocycles. The smallest absolute Gasteiger partial charge is 0.307 e. The van der Waals surface area contributed by atoms with Gasteiger partial charge in [0.25, 0.3) is 5.91 Å². The summed E-state index contributed by atoms with van der Waals surface area (Å²) in [5.41, 5.74) is 2.13. The van der Waals surface area contributed by atoms with E-state index in [-0.39, 0.29) is 30.7 Å². The van der Waals surface area contributed by atoms with Gasteiger partial charge >= 0.3 is 11.9 Å². The Balaban J connectivity index is 2.25. The summed E-state index contributed by atoms with van der Waals surface area (Å²) in [6.07, 6.45) is 1.97. The van der Waals surface area contributed by atoms with Gasteiger partial charge in [0.05, 0.1) is 13.5 Å². The molecule has 1 unspecified atom stereocenters. The normalized spacial score (nSPS) is 19.5. The number of aryl methyl sites for hydroxylation is 1. The van der Waals surface area contributed by atoms with Crippen molar-refractivity contribution in [1.29, 1.82) is 0 Å². The minimum atomic E-state index is -0.783. The van der Waals surface area contributed by atoms with Gasteiger partial charge < -0.3 is 9.47 Å². The van der Waals surface area contributed by atoms with Crippen LogP contribution in [0.2, 0.25) is 0 Å². The van der Waals surface area contributed by atoms with E-state index in [1.807, 2.05) is 27.7 Å². The second-order valence-electron chi connectivity index (χ2n) is 6.70. The molecule has 2 heterocycles. The quantitative estimate of drug-likeness (QED) is 0.795. The average molecular weight is 321 g/mol. The number of aromatic nitrogens is 1. The highest BCUT2D eigenvalue weighted by Crippen LogP contribution is 2.36. The second kappa shape index (κ2) is 6.18. The first kappa shape index (κ1) is 17.2. The molecule has 2 rings (SSSR count). The lowest BCUT2D eigenvalue weighted by Crippen LogP contribution is -2.36. The van der Waals surface area contributed by atoms with Crippen molar-refractivity contribution in [3.8, 4) is 0 Å². The van der Waals surface area contributed by atoms with Gasteiger partial charge in [-0.25, -0.2) is 0 Å². The number of cyclic esters (lactones) is 1. The number of nitrogens with zero attached hydrogens (tertiary/aromatic N) is 1. The summed E-state index contributed by atoms with van der Waals surface area (Å²) in [5, 5.41) is 0. The first-order valence-corrected chi connectivity index (χ1v) is 7.65. The Morgan fingerprint density at radius 2 is 2.04 bits per heavy atom. The van der Waals surface area contributed by atoms with Gasteiger partial charge in [-0.15, -0.1) is 0 Å². The lowest BCUT2D eigenvalue weighted by atomic mass is 9.85. The van der Waals surface area contributed by atoms with E-state index in [0.717, 1.165) is 16.8 Å². The molecule has 1 aliphatic heterocycles. The van der Waals surface area contributed by atoms with Crippen molar-refractivity contribution in [2.24, 2.45) is 5.41 Å². The lowest BCUT2D eigenvalue weighted by Gasteiger charge is -2.23. The van der Waals surface area contributed by atoms with Crippen LogP contribution in [0.25, 0.3) is 0 Å². The summed E-state index contributed by atoms with van der Waals surface area (Å²) in [6.45, 7) is 7.44. The third-order valence-corrected chi connectivity index (χ3v) is 4.42. The van der Waals surface area contributed by atoms with Gasteiger partial charge in [-0.3, -0.25) is 19.0 Å². The maximum absolute atomic E-state index is 12.8. The third-order valence-electron chi connectivity index (χ3n) is 4.42. The molecule has 1 aliphatic rings. The molecule has 0 saturated carbocycles. The van der Waals surface area contributed by atoms with Crippen LogP contribution in [0.15, 0.2) is 6.20 Å². The predicted octanol–water partition coefficient (Wildman–Crippen LogP) is 2.19. The maximum Gasteiger partial charge on any atom is 0.307 e. The van der Waals surface area contributed by atoms with Crippen LogP contribution in [0.1, 0.15) is 48.3 Å². The molecule has 0 N–H and O–H groups in total. The minimum Gasteiger partial charge on any atom is -0.469 e. The van der Waals surface area contributed by atoms with Crippen LogP contribution in [0.3, 0.4) is 0 Å². The van der Waals surface area contributed by atoms with Gasteiger partial charge in [0.2, 0.25) is 0 Å². The van der Waals surface area contributed by atoms with Gasteiger partial charge in [0, 0.05) is 23.7 Å². The molecule has 23 heavy (non-hydrogen) atoms. The number of hydrogen-bond acceptors (Lipinski definition) is 5. The molecule has 0 aliphatic carbocycles. The van der Waals surface area contributed by atoms with Crippen LogP contribution < -0.4 is 0 Å². The Hall–Kier alpha value is -2.11. The van der Waals surface area contributed by atoms with Crippen molar-refractivity contribution in [1.82, 2.24) is 4.57 Å². The van der Waals surface area contributed by atoms with Crippen LogP contribution in [0.5, 0.6) is 0 Å².